The Balaban J connectivity index is 2.43. The van der Waals surface area contributed by atoms with Gasteiger partial charge in [-0.2, -0.15) is 0 Å². The molecule has 2 N–H and O–H groups in total. The van der Waals surface area contributed by atoms with Gasteiger partial charge in [-0.15, -0.1) is 0 Å². The Morgan fingerprint density at radius 3 is 2.73 bits per heavy atom. The second kappa shape index (κ2) is 5.91. The fourth-order valence-corrected chi connectivity index (χ4v) is 2.17. The molecule has 1 aliphatic carbocycles. The van der Waals surface area contributed by atoms with E-state index in [4.69, 9.17) is 5.11 Å². The van der Waals surface area contributed by atoms with Crippen LogP contribution in [0.2, 0.25) is 0 Å². The van der Waals surface area contributed by atoms with Gasteiger partial charge in [0.25, 0.3) is 0 Å². The number of allylic oxidation sites excluding steroid dienone is 1. The van der Waals surface area contributed by atoms with Crippen LogP contribution in [0.5, 0.6) is 0 Å². The Labute approximate surface area is 90.8 Å². The maximum absolute atomic E-state index is 10.7. The van der Waals surface area contributed by atoms with E-state index in [9.17, 15) is 9.90 Å². The van der Waals surface area contributed by atoms with Crippen LogP contribution in [0.1, 0.15) is 45.4 Å². The van der Waals surface area contributed by atoms with Gasteiger partial charge in [-0.3, -0.25) is 0 Å². The van der Waals surface area contributed by atoms with Crippen LogP contribution < -0.4 is 0 Å². The summed E-state index contributed by atoms with van der Waals surface area (Å²) in [6, 6.07) is 0. The number of aliphatic hydroxyl groups excluding tert-OH is 1. The van der Waals surface area contributed by atoms with E-state index < -0.39 is 5.97 Å². The Morgan fingerprint density at radius 1 is 1.47 bits per heavy atom. The van der Waals surface area contributed by atoms with Crippen LogP contribution in [0.4, 0.5) is 0 Å². The average molecular weight is 212 g/mol. The first-order valence-electron chi connectivity index (χ1n) is 5.73. The van der Waals surface area contributed by atoms with E-state index in [0.717, 1.165) is 32.1 Å². The summed E-state index contributed by atoms with van der Waals surface area (Å²) < 4.78 is 0. The lowest BCUT2D eigenvalue weighted by atomic mass is 9.85. The highest BCUT2D eigenvalue weighted by molar-refractivity contribution is 5.86. The van der Waals surface area contributed by atoms with Crippen LogP contribution in [0, 0.1) is 5.92 Å². The van der Waals surface area contributed by atoms with Gasteiger partial charge >= 0.3 is 5.97 Å². The van der Waals surface area contributed by atoms with Crippen molar-refractivity contribution in [3.8, 4) is 0 Å². The van der Waals surface area contributed by atoms with Crippen LogP contribution in [0.25, 0.3) is 0 Å². The minimum absolute atomic E-state index is 0.174. The summed E-state index contributed by atoms with van der Waals surface area (Å²) in [7, 11) is 0. The summed E-state index contributed by atoms with van der Waals surface area (Å²) in [6.07, 6.45) is 6.93. The molecule has 15 heavy (non-hydrogen) atoms. The monoisotopic (exact) mass is 212 g/mol. The van der Waals surface area contributed by atoms with Gasteiger partial charge in [0.15, 0.2) is 0 Å². The third-order valence-corrected chi connectivity index (χ3v) is 3.11. The molecule has 3 heteroatoms. The molecule has 1 saturated carbocycles. The normalized spacial score (nSPS) is 27.7. The summed E-state index contributed by atoms with van der Waals surface area (Å²) in [5.74, 6) is -0.344. The molecule has 0 radical (unpaired) electrons. The highest BCUT2D eigenvalue weighted by Crippen LogP contribution is 2.27. The number of carboxylic acids is 1. The number of carboxylic acid groups (broad SMARTS) is 1. The van der Waals surface area contributed by atoms with Gasteiger partial charge in [-0.05, 0) is 38.0 Å². The van der Waals surface area contributed by atoms with Gasteiger partial charge in [-0.1, -0.05) is 19.4 Å². The van der Waals surface area contributed by atoms with Crippen LogP contribution in [0.15, 0.2) is 11.6 Å². The molecule has 0 saturated heterocycles. The number of carbonyl (C=O) groups is 1. The van der Waals surface area contributed by atoms with Crippen molar-refractivity contribution in [2.45, 2.75) is 51.6 Å². The molecule has 0 amide bonds. The highest BCUT2D eigenvalue weighted by Gasteiger charge is 2.19. The van der Waals surface area contributed by atoms with Crippen molar-refractivity contribution in [1.29, 1.82) is 0 Å². The third-order valence-electron chi connectivity index (χ3n) is 3.11. The molecule has 0 aliphatic heterocycles. The zero-order valence-electron chi connectivity index (χ0n) is 9.28. The molecule has 0 aromatic carbocycles. The maximum atomic E-state index is 10.7. The van der Waals surface area contributed by atoms with Crippen LogP contribution in [0.3, 0.4) is 0 Å². The predicted molar refractivity (Wildman–Crippen MR) is 58.6 cm³/mol. The summed E-state index contributed by atoms with van der Waals surface area (Å²) >= 11 is 0. The number of hydrogen-bond acceptors (Lipinski definition) is 2. The average Bonchev–Trinajstić information content (AvgIpc) is 2.18. The zero-order valence-corrected chi connectivity index (χ0v) is 9.28. The van der Waals surface area contributed by atoms with E-state index in [1.54, 1.807) is 0 Å². The van der Waals surface area contributed by atoms with Gasteiger partial charge in [-0.25, -0.2) is 4.79 Å². The number of hydrogen-bond donors (Lipinski definition) is 2. The molecule has 0 spiro atoms. The Morgan fingerprint density at radius 2 is 2.20 bits per heavy atom. The summed E-state index contributed by atoms with van der Waals surface area (Å²) in [5, 5.41) is 18.3. The highest BCUT2D eigenvalue weighted by atomic mass is 16.4. The van der Waals surface area contributed by atoms with Crippen LogP contribution in [-0.4, -0.2) is 22.3 Å². The molecule has 86 valence electrons. The Hall–Kier alpha value is -0.830. The molecule has 0 aromatic rings. The van der Waals surface area contributed by atoms with E-state index in [0.29, 0.717) is 17.9 Å². The van der Waals surface area contributed by atoms with Crippen molar-refractivity contribution in [2.24, 2.45) is 5.92 Å². The van der Waals surface area contributed by atoms with Gasteiger partial charge in [0.05, 0.1) is 6.10 Å². The van der Waals surface area contributed by atoms with Crippen LogP contribution >= 0.6 is 0 Å². The second-order valence-electron chi connectivity index (χ2n) is 4.31. The molecule has 1 aliphatic rings. The standard InChI is InChI=1S/C12H20O3/c1-2-10(12(14)15)7-6-9-4-3-5-11(13)8-9/h7,9,11,13H,2-6,8H2,1H3,(H,14,15)/t9-,11-/m0/s1. The van der Waals surface area contributed by atoms with Gasteiger partial charge < -0.3 is 10.2 Å². The largest absolute Gasteiger partial charge is 0.478 e. The lowest BCUT2D eigenvalue weighted by molar-refractivity contribution is -0.132. The fraction of sp³-hybridized carbons (Fsp3) is 0.750. The molecule has 0 aromatic heterocycles. The van der Waals surface area contributed by atoms with Crippen molar-refractivity contribution >= 4 is 5.97 Å². The molecule has 0 unspecified atom stereocenters. The van der Waals surface area contributed by atoms with Gasteiger partial charge in [0.2, 0.25) is 0 Å². The quantitative estimate of drug-likeness (QED) is 0.703. The third kappa shape index (κ3) is 4.04. The van der Waals surface area contributed by atoms with Crippen molar-refractivity contribution in [1.82, 2.24) is 0 Å². The predicted octanol–water partition coefficient (Wildman–Crippen LogP) is 2.35. The second-order valence-corrected chi connectivity index (χ2v) is 4.31. The number of aliphatic carboxylic acids is 1. The molecule has 3 nitrogen and oxygen atoms in total. The summed E-state index contributed by atoms with van der Waals surface area (Å²) in [6.45, 7) is 1.86. The molecule has 0 heterocycles. The van der Waals surface area contributed by atoms with E-state index in [1.165, 1.54) is 0 Å². The Bertz CT molecular complexity index is 245. The molecule has 1 fully saturated rings. The van der Waals surface area contributed by atoms with E-state index in [1.807, 2.05) is 13.0 Å². The van der Waals surface area contributed by atoms with Crippen molar-refractivity contribution in [3.63, 3.8) is 0 Å². The summed E-state index contributed by atoms with van der Waals surface area (Å²) in [4.78, 5) is 10.7. The summed E-state index contributed by atoms with van der Waals surface area (Å²) in [5.41, 5.74) is 0.495. The van der Waals surface area contributed by atoms with E-state index in [-0.39, 0.29) is 6.10 Å². The van der Waals surface area contributed by atoms with Crippen molar-refractivity contribution in [3.05, 3.63) is 11.6 Å². The molecule has 2 atom stereocenters. The smallest absolute Gasteiger partial charge is 0.331 e. The van der Waals surface area contributed by atoms with E-state index >= 15 is 0 Å². The lowest BCUT2D eigenvalue weighted by Gasteiger charge is -2.24. The minimum Gasteiger partial charge on any atom is -0.478 e. The Kier molecular flexibility index (Phi) is 4.82. The molecular formula is C12H20O3. The number of rotatable bonds is 4. The van der Waals surface area contributed by atoms with Gasteiger partial charge in [0, 0.05) is 5.57 Å². The van der Waals surface area contributed by atoms with Crippen molar-refractivity contribution in [2.75, 3.05) is 0 Å². The zero-order chi connectivity index (χ0) is 11.3. The fourth-order valence-electron chi connectivity index (χ4n) is 2.17. The van der Waals surface area contributed by atoms with Crippen molar-refractivity contribution < 1.29 is 15.0 Å². The molecular weight excluding hydrogens is 192 g/mol. The topological polar surface area (TPSA) is 57.5 Å². The molecule has 1 rings (SSSR count). The number of aliphatic hydroxyl groups is 1. The minimum atomic E-state index is -0.811. The van der Waals surface area contributed by atoms with E-state index in [2.05, 4.69) is 0 Å². The first-order valence-corrected chi connectivity index (χ1v) is 5.73. The maximum Gasteiger partial charge on any atom is 0.331 e. The van der Waals surface area contributed by atoms with Gasteiger partial charge in [0.1, 0.15) is 0 Å². The molecule has 0 bridgehead atoms. The van der Waals surface area contributed by atoms with Crippen LogP contribution in [-0.2, 0) is 4.79 Å². The first-order chi connectivity index (χ1) is 7.13. The SMILES string of the molecule is CCC(=CC[C@@H]1CCC[C@H](O)C1)C(=O)O. The first kappa shape index (κ1) is 12.2. The lowest BCUT2D eigenvalue weighted by Crippen LogP contribution is -2.19.